The Labute approximate surface area is 187 Å². The maximum atomic E-state index is 5.94. The number of allylic oxidation sites excluding steroid dienone is 2. The van der Waals surface area contributed by atoms with E-state index in [2.05, 4.69) is 21.5 Å². The summed E-state index contributed by atoms with van der Waals surface area (Å²) in [5.41, 5.74) is 2.43. The molecule has 0 aliphatic heterocycles. The summed E-state index contributed by atoms with van der Waals surface area (Å²) in [5, 5.41) is 0. The van der Waals surface area contributed by atoms with Crippen LogP contribution in [0.1, 0.15) is 23.0 Å². The molecular formula is C17H14Cl6N4. The van der Waals surface area contributed by atoms with E-state index in [-0.39, 0.29) is 17.5 Å². The third-order valence-electron chi connectivity index (χ3n) is 3.36. The summed E-state index contributed by atoms with van der Waals surface area (Å²) in [5.74, 6) is -0.123. The second-order valence-corrected chi connectivity index (χ2v) is 10.1. The minimum atomic E-state index is -1.92. The molecule has 0 atom stereocenters. The molecule has 0 saturated heterocycles. The fraction of sp³-hybridized carbons (Fsp3) is 0.235. The van der Waals surface area contributed by atoms with Gasteiger partial charge in [-0.2, -0.15) is 0 Å². The standard InChI is InChI=1S/C17H14Cl6N4/c1-4-5-12(10-6-8-11(9-7-10)27(2)3)13-24-14(16(18,19)20)26-15(25-13)17(21,22)23/h4-9H,1H2,2-3H3. The molecule has 0 saturated carbocycles. The molecule has 4 nitrogen and oxygen atoms in total. The van der Waals surface area contributed by atoms with Gasteiger partial charge in [-0.1, -0.05) is 100 Å². The maximum Gasteiger partial charge on any atom is 0.250 e. The normalized spacial score (nSPS) is 12.8. The SMILES string of the molecule is C=CC=C(c1ccc(N(C)C)cc1)c1nc(C(Cl)(Cl)Cl)nc(C(Cl)(Cl)Cl)n1. The van der Waals surface area contributed by atoms with Crippen molar-refractivity contribution in [2.45, 2.75) is 7.59 Å². The van der Waals surface area contributed by atoms with Gasteiger partial charge in [-0.3, -0.25) is 0 Å². The van der Waals surface area contributed by atoms with E-state index in [1.807, 2.05) is 43.3 Å². The Morgan fingerprint density at radius 2 is 1.37 bits per heavy atom. The Balaban J connectivity index is 2.66. The number of rotatable bonds is 4. The second kappa shape index (κ2) is 8.73. The molecule has 1 heterocycles. The predicted octanol–water partition coefficient (Wildman–Crippen LogP) is 6.21. The van der Waals surface area contributed by atoms with E-state index < -0.39 is 7.59 Å². The molecule has 0 amide bonds. The van der Waals surface area contributed by atoms with Gasteiger partial charge in [-0.05, 0) is 17.7 Å². The lowest BCUT2D eigenvalue weighted by molar-refractivity contribution is 0.831. The lowest BCUT2D eigenvalue weighted by atomic mass is 10.0. The van der Waals surface area contributed by atoms with E-state index >= 15 is 0 Å². The van der Waals surface area contributed by atoms with Crippen LogP contribution in [0, 0.1) is 0 Å². The number of aromatic nitrogens is 3. The fourth-order valence-electron chi connectivity index (χ4n) is 2.11. The molecule has 0 aliphatic carbocycles. The van der Waals surface area contributed by atoms with Crippen molar-refractivity contribution in [1.82, 2.24) is 15.0 Å². The Morgan fingerprint density at radius 3 is 1.74 bits per heavy atom. The zero-order valence-corrected chi connectivity index (χ0v) is 18.8. The van der Waals surface area contributed by atoms with Crippen molar-refractivity contribution in [1.29, 1.82) is 0 Å². The van der Waals surface area contributed by atoms with Crippen LogP contribution in [-0.4, -0.2) is 29.0 Å². The Kier molecular flexibility index (Phi) is 7.28. The lowest BCUT2D eigenvalue weighted by Gasteiger charge is -2.17. The average Bonchev–Trinajstić information content (AvgIpc) is 2.58. The summed E-state index contributed by atoms with van der Waals surface area (Å²) in [6, 6.07) is 7.69. The zero-order chi connectivity index (χ0) is 20.4. The van der Waals surface area contributed by atoms with Gasteiger partial charge in [0, 0.05) is 25.4 Å². The highest BCUT2D eigenvalue weighted by Crippen LogP contribution is 2.40. The number of hydrogen-bond acceptors (Lipinski definition) is 4. The van der Waals surface area contributed by atoms with E-state index in [4.69, 9.17) is 69.6 Å². The van der Waals surface area contributed by atoms with Crippen LogP contribution in [0.2, 0.25) is 0 Å². The van der Waals surface area contributed by atoms with Gasteiger partial charge in [0.05, 0.1) is 0 Å². The van der Waals surface area contributed by atoms with Gasteiger partial charge >= 0.3 is 0 Å². The first-order valence-electron chi connectivity index (χ1n) is 7.45. The van der Waals surface area contributed by atoms with Gasteiger partial charge in [0.1, 0.15) is 0 Å². The third kappa shape index (κ3) is 5.86. The van der Waals surface area contributed by atoms with Crippen molar-refractivity contribution in [2.75, 3.05) is 19.0 Å². The fourth-order valence-corrected chi connectivity index (χ4v) is 2.61. The number of halogens is 6. The molecule has 0 fully saturated rings. The van der Waals surface area contributed by atoms with Gasteiger partial charge in [0.25, 0.3) is 0 Å². The Morgan fingerprint density at radius 1 is 0.889 bits per heavy atom. The van der Waals surface area contributed by atoms with Crippen LogP contribution in [0.3, 0.4) is 0 Å². The van der Waals surface area contributed by atoms with Crippen LogP contribution < -0.4 is 4.90 Å². The highest BCUT2D eigenvalue weighted by molar-refractivity contribution is 6.67. The number of benzene rings is 1. The molecule has 0 bridgehead atoms. The topological polar surface area (TPSA) is 41.9 Å². The maximum absolute atomic E-state index is 5.94. The second-order valence-electron chi connectivity index (χ2n) is 5.56. The summed E-state index contributed by atoms with van der Waals surface area (Å²) < 4.78 is -3.84. The Hall–Kier alpha value is -0.750. The van der Waals surface area contributed by atoms with E-state index in [9.17, 15) is 0 Å². The van der Waals surface area contributed by atoms with Gasteiger partial charge in [-0.25, -0.2) is 15.0 Å². The van der Waals surface area contributed by atoms with E-state index in [1.165, 1.54) is 0 Å². The van der Waals surface area contributed by atoms with Crippen LogP contribution in [0.5, 0.6) is 0 Å². The molecule has 2 rings (SSSR count). The Bertz CT molecular complexity index is 819. The molecule has 0 N–H and O–H groups in total. The smallest absolute Gasteiger partial charge is 0.250 e. The van der Waals surface area contributed by atoms with Crippen molar-refractivity contribution in [2.24, 2.45) is 0 Å². The first kappa shape index (κ1) is 22.5. The molecule has 0 aliphatic rings. The van der Waals surface area contributed by atoms with Gasteiger partial charge in [0.2, 0.25) is 7.59 Å². The predicted molar refractivity (Wildman–Crippen MR) is 116 cm³/mol. The minimum Gasteiger partial charge on any atom is -0.378 e. The van der Waals surface area contributed by atoms with Gasteiger partial charge in [-0.15, -0.1) is 0 Å². The van der Waals surface area contributed by atoms with E-state index in [0.29, 0.717) is 5.57 Å². The summed E-state index contributed by atoms with van der Waals surface area (Å²) in [7, 11) is 3.89. The monoisotopic (exact) mass is 484 g/mol. The number of anilines is 1. The van der Waals surface area contributed by atoms with Gasteiger partial charge in [0.15, 0.2) is 17.5 Å². The minimum absolute atomic E-state index is 0.154. The molecule has 0 radical (unpaired) electrons. The van der Waals surface area contributed by atoms with Crippen molar-refractivity contribution in [3.63, 3.8) is 0 Å². The molecule has 0 spiro atoms. The van der Waals surface area contributed by atoms with Crippen molar-refractivity contribution < 1.29 is 0 Å². The first-order chi connectivity index (χ1) is 12.4. The number of nitrogens with zero attached hydrogens (tertiary/aromatic N) is 4. The first-order valence-corrected chi connectivity index (χ1v) is 9.71. The van der Waals surface area contributed by atoms with Crippen molar-refractivity contribution in [3.05, 3.63) is 66.0 Å². The average molecular weight is 487 g/mol. The van der Waals surface area contributed by atoms with E-state index in [1.54, 1.807) is 12.2 Å². The molecule has 0 unspecified atom stereocenters. The largest absolute Gasteiger partial charge is 0.378 e. The molecule has 2 aromatic rings. The summed E-state index contributed by atoms with van der Waals surface area (Å²) in [6.07, 6.45) is 3.30. The quantitative estimate of drug-likeness (QED) is 0.380. The summed E-state index contributed by atoms with van der Waals surface area (Å²) in [6.45, 7) is 3.73. The molecule has 1 aromatic carbocycles. The van der Waals surface area contributed by atoms with Crippen LogP contribution in [0.25, 0.3) is 5.57 Å². The van der Waals surface area contributed by atoms with Crippen LogP contribution >= 0.6 is 69.6 Å². The zero-order valence-electron chi connectivity index (χ0n) is 14.2. The van der Waals surface area contributed by atoms with Crippen LogP contribution in [-0.2, 0) is 7.59 Å². The summed E-state index contributed by atoms with van der Waals surface area (Å²) in [4.78, 5) is 14.5. The molecule has 10 heteroatoms. The van der Waals surface area contributed by atoms with Crippen LogP contribution in [0.4, 0.5) is 5.69 Å². The van der Waals surface area contributed by atoms with Crippen molar-refractivity contribution >= 4 is 80.9 Å². The molecular weight excluding hydrogens is 473 g/mol. The number of hydrogen-bond donors (Lipinski definition) is 0. The van der Waals surface area contributed by atoms with E-state index in [0.717, 1.165) is 11.3 Å². The molecule has 1 aromatic heterocycles. The summed E-state index contributed by atoms with van der Waals surface area (Å²) >= 11 is 35.6. The lowest BCUT2D eigenvalue weighted by Crippen LogP contribution is -2.18. The van der Waals surface area contributed by atoms with Crippen molar-refractivity contribution in [3.8, 4) is 0 Å². The molecule has 27 heavy (non-hydrogen) atoms. The highest BCUT2D eigenvalue weighted by Gasteiger charge is 2.34. The van der Waals surface area contributed by atoms with Gasteiger partial charge < -0.3 is 4.90 Å². The highest BCUT2D eigenvalue weighted by atomic mass is 35.6. The number of alkyl halides is 6. The third-order valence-corrected chi connectivity index (χ3v) is 4.38. The molecule has 144 valence electrons. The van der Waals surface area contributed by atoms with Crippen LogP contribution in [0.15, 0.2) is 43.0 Å².